The van der Waals surface area contributed by atoms with Crippen molar-refractivity contribution in [3.63, 3.8) is 0 Å². The third kappa shape index (κ3) is 3.38. The number of nitrogens with zero attached hydrogens (tertiary/aromatic N) is 4. The van der Waals surface area contributed by atoms with Crippen LogP contribution < -0.4 is 10.2 Å². The van der Waals surface area contributed by atoms with Crippen LogP contribution in [-0.2, 0) is 0 Å². The number of nitrogens with one attached hydrogen (secondary N) is 1. The van der Waals surface area contributed by atoms with Crippen molar-refractivity contribution >= 4 is 29.0 Å². The van der Waals surface area contributed by atoms with Gasteiger partial charge in [0.1, 0.15) is 16.7 Å². The van der Waals surface area contributed by atoms with Gasteiger partial charge in [0, 0.05) is 14.1 Å². The molecule has 0 spiro atoms. The maximum Gasteiger partial charge on any atom is 0.275 e. The van der Waals surface area contributed by atoms with Crippen molar-refractivity contribution in [3.8, 4) is 0 Å². The van der Waals surface area contributed by atoms with Gasteiger partial charge in [-0.2, -0.15) is 0 Å². The Morgan fingerprint density at radius 1 is 1.16 bits per heavy atom. The van der Waals surface area contributed by atoms with Gasteiger partial charge >= 0.3 is 0 Å². The highest BCUT2D eigenvalue weighted by Crippen LogP contribution is 2.12. The first kappa shape index (κ1) is 13.2. The molecule has 2 aromatic rings. The van der Waals surface area contributed by atoms with E-state index in [9.17, 15) is 4.79 Å². The molecule has 19 heavy (non-hydrogen) atoms. The molecule has 0 unspecified atom stereocenters. The van der Waals surface area contributed by atoms with E-state index in [4.69, 9.17) is 11.6 Å². The number of hydrogen-bond donors (Lipinski definition) is 1. The molecule has 1 N–H and O–H groups in total. The monoisotopic (exact) mass is 277 g/mol. The van der Waals surface area contributed by atoms with E-state index in [0.717, 1.165) is 5.82 Å². The van der Waals surface area contributed by atoms with Crippen molar-refractivity contribution in [2.75, 3.05) is 24.3 Å². The summed E-state index contributed by atoms with van der Waals surface area (Å²) in [6.45, 7) is 0. The predicted molar refractivity (Wildman–Crippen MR) is 73.6 cm³/mol. The van der Waals surface area contributed by atoms with Gasteiger partial charge in [0.2, 0.25) is 0 Å². The highest BCUT2D eigenvalue weighted by Gasteiger charge is 2.08. The second kappa shape index (κ2) is 5.62. The number of carbonyl (C=O) groups is 1. The van der Waals surface area contributed by atoms with Gasteiger partial charge in [0.25, 0.3) is 5.91 Å². The van der Waals surface area contributed by atoms with Gasteiger partial charge in [0.15, 0.2) is 0 Å². The number of hydrogen-bond acceptors (Lipinski definition) is 5. The van der Waals surface area contributed by atoms with Gasteiger partial charge in [-0.25, -0.2) is 15.0 Å². The number of rotatable bonds is 3. The summed E-state index contributed by atoms with van der Waals surface area (Å²) in [4.78, 5) is 25.6. The first-order valence-electron chi connectivity index (χ1n) is 5.48. The average Bonchev–Trinajstić information content (AvgIpc) is 2.40. The summed E-state index contributed by atoms with van der Waals surface area (Å²) in [5.41, 5.74) is 0.786. The fourth-order valence-corrected chi connectivity index (χ4v) is 1.45. The molecule has 0 aliphatic heterocycles. The molecule has 0 aliphatic carbocycles. The minimum absolute atomic E-state index is 0.195. The second-order valence-corrected chi connectivity index (χ2v) is 4.37. The summed E-state index contributed by atoms with van der Waals surface area (Å²) < 4.78 is 0. The molecule has 0 radical (unpaired) electrons. The van der Waals surface area contributed by atoms with E-state index in [1.54, 1.807) is 12.3 Å². The van der Waals surface area contributed by atoms with Crippen molar-refractivity contribution in [2.45, 2.75) is 0 Å². The highest BCUT2D eigenvalue weighted by molar-refractivity contribution is 6.29. The summed E-state index contributed by atoms with van der Waals surface area (Å²) in [5, 5.41) is 2.92. The van der Waals surface area contributed by atoms with E-state index in [1.807, 2.05) is 25.1 Å². The van der Waals surface area contributed by atoms with Gasteiger partial charge < -0.3 is 10.2 Å². The molecule has 2 heterocycles. The van der Waals surface area contributed by atoms with E-state index in [-0.39, 0.29) is 16.8 Å². The van der Waals surface area contributed by atoms with Crippen molar-refractivity contribution in [1.82, 2.24) is 15.0 Å². The zero-order valence-corrected chi connectivity index (χ0v) is 11.2. The molecular formula is C12H12ClN5O. The number of amides is 1. The zero-order chi connectivity index (χ0) is 13.8. The SMILES string of the molecule is CN(C)c1ccc(NC(=O)c2cnc(Cl)cn2)cn1. The van der Waals surface area contributed by atoms with Gasteiger partial charge in [-0.15, -0.1) is 0 Å². The van der Waals surface area contributed by atoms with Crippen LogP contribution in [0.5, 0.6) is 0 Å². The molecule has 0 aromatic carbocycles. The summed E-state index contributed by atoms with van der Waals surface area (Å²) in [5.74, 6) is 0.452. The van der Waals surface area contributed by atoms with E-state index >= 15 is 0 Å². The van der Waals surface area contributed by atoms with Crippen molar-refractivity contribution < 1.29 is 4.79 Å². The van der Waals surface area contributed by atoms with Crippen molar-refractivity contribution in [1.29, 1.82) is 0 Å². The third-order valence-corrected chi connectivity index (χ3v) is 2.51. The van der Waals surface area contributed by atoms with Crippen LogP contribution in [0.2, 0.25) is 5.15 Å². The van der Waals surface area contributed by atoms with Crippen molar-refractivity contribution in [3.05, 3.63) is 41.6 Å². The number of carbonyl (C=O) groups excluding carboxylic acids is 1. The topological polar surface area (TPSA) is 71.0 Å². The second-order valence-electron chi connectivity index (χ2n) is 3.98. The lowest BCUT2D eigenvalue weighted by atomic mass is 10.3. The fraction of sp³-hybridized carbons (Fsp3) is 0.167. The standard InChI is InChI=1S/C12H12ClN5O/c1-18(2)11-4-3-8(5-16-11)17-12(19)9-6-15-10(13)7-14-9/h3-7H,1-2H3,(H,17,19). The molecule has 7 heteroatoms. The molecule has 0 saturated carbocycles. The maximum absolute atomic E-state index is 11.8. The number of halogens is 1. The van der Waals surface area contributed by atoms with Gasteiger partial charge in [-0.1, -0.05) is 11.6 Å². The molecule has 0 fully saturated rings. The molecule has 0 aliphatic rings. The summed E-state index contributed by atoms with van der Waals surface area (Å²) in [6.07, 6.45) is 4.22. The van der Waals surface area contributed by atoms with Crippen LogP contribution in [0.15, 0.2) is 30.7 Å². The first-order chi connectivity index (χ1) is 9.06. The van der Waals surface area contributed by atoms with Gasteiger partial charge in [-0.05, 0) is 12.1 Å². The molecular weight excluding hydrogens is 266 g/mol. The molecule has 0 atom stereocenters. The smallest absolute Gasteiger partial charge is 0.275 e. The molecule has 98 valence electrons. The molecule has 2 rings (SSSR count). The quantitative estimate of drug-likeness (QED) is 0.927. The van der Waals surface area contributed by atoms with Crippen LogP contribution in [0.1, 0.15) is 10.5 Å². The van der Waals surface area contributed by atoms with Crippen LogP contribution in [0.4, 0.5) is 11.5 Å². The Hall–Kier alpha value is -2.21. The molecule has 6 nitrogen and oxygen atoms in total. The van der Waals surface area contributed by atoms with Crippen LogP contribution in [0.3, 0.4) is 0 Å². The minimum Gasteiger partial charge on any atom is -0.363 e. The lowest BCUT2D eigenvalue weighted by molar-refractivity contribution is 0.102. The highest BCUT2D eigenvalue weighted by atomic mass is 35.5. The number of aromatic nitrogens is 3. The lowest BCUT2D eigenvalue weighted by Crippen LogP contribution is -2.15. The normalized spacial score (nSPS) is 10.1. The summed E-state index contributed by atoms with van der Waals surface area (Å²) in [7, 11) is 3.79. The van der Waals surface area contributed by atoms with E-state index in [1.165, 1.54) is 12.4 Å². The molecule has 2 aromatic heterocycles. The summed E-state index contributed by atoms with van der Waals surface area (Å²) >= 11 is 5.60. The molecule has 0 bridgehead atoms. The summed E-state index contributed by atoms with van der Waals surface area (Å²) in [6, 6.07) is 3.58. The molecule has 0 saturated heterocycles. The number of pyridine rings is 1. The van der Waals surface area contributed by atoms with Crippen LogP contribution in [-0.4, -0.2) is 35.0 Å². The Morgan fingerprint density at radius 2 is 1.95 bits per heavy atom. The van der Waals surface area contributed by atoms with E-state index in [2.05, 4.69) is 20.3 Å². The average molecular weight is 278 g/mol. The predicted octanol–water partition coefficient (Wildman–Crippen LogP) is 1.84. The largest absolute Gasteiger partial charge is 0.363 e. The van der Waals surface area contributed by atoms with Gasteiger partial charge in [0.05, 0.1) is 24.3 Å². The van der Waals surface area contributed by atoms with Crippen LogP contribution in [0, 0.1) is 0 Å². The Labute approximate surface area is 115 Å². The van der Waals surface area contributed by atoms with Gasteiger partial charge in [-0.3, -0.25) is 4.79 Å². The Bertz CT molecular complexity index is 568. The maximum atomic E-state index is 11.8. The minimum atomic E-state index is -0.358. The molecule has 1 amide bonds. The Kier molecular flexibility index (Phi) is 3.91. The Morgan fingerprint density at radius 3 is 2.47 bits per heavy atom. The third-order valence-electron chi connectivity index (χ3n) is 2.32. The van der Waals surface area contributed by atoms with E-state index in [0.29, 0.717) is 5.69 Å². The van der Waals surface area contributed by atoms with E-state index < -0.39 is 0 Å². The Balaban J connectivity index is 2.08. The fourth-order valence-electron chi connectivity index (χ4n) is 1.35. The lowest BCUT2D eigenvalue weighted by Gasteiger charge is -2.11. The zero-order valence-electron chi connectivity index (χ0n) is 10.5. The van der Waals surface area contributed by atoms with Crippen molar-refractivity contribution in [2.24, 2.45) is 0 Å². The van der Waals surface area contributed by atoms with Crippen LogP contribution in [0.25, 0.3) is 0 Å². The number of anilines is 2. The van der Waals surface area contributed by atoms with Crippen LogP contribution >= 0.6 is 11.6 Å². The first-order valence-corrected chi connectivity index (χ1v) is 5.86.